The Morgan fingerprint density at radius 2 is 1.80 bits per heavy atom. The lowest BCUT2D eigenvalue weighted by Gasteiger charge is -2.17. The molecule has 1 aliphatic rings. The van der Waals surface area contributed by atoms with Gasteiger partial charge in [-0.05, 0) is 67.9 Å². The van der Waals surface area contributed by atoms with E-state index in [2.05, 4.69) is 17.4 Å². The minimum atomic E-state index is -0.868. The molecule has 1 aromatic carbocycles. The number of fused-ring (bicyclic) bond motifs is 1. The summed E-state index contributed by atoms with van der Waals surface area (Å²) in [5.41, 5.74) is 4.87. The summed E-state index contributed by atoms with van der Waals surface area (Å²) in [5, 5.41) is 15.7. The molecule has 0 unspecified atom stereocenters. The number of nitrogens with zero attached hydrogens (tertiary/aromatic N) is 3. The number of aliphatic carboxylic acids is 1. The van der Waals surface area contributed by atoms with Crippen molar-refractivity contribution >= 4 is 29.0 Å². The number of unbranched alkanes of at least 4 members (excludes halogenated alkanes) is 1. The molecule has 0 bridgehead atoms. The maximum atomic E-state index is 12.2. The number of carbonyl (C=O) groups is 2. The number of amides is 1. The quantitative estimate of drug-likeness (QED) is 0.396. The molecule has 35 heavy (non-hydrogen) atoms. The SMILES string of the molecule is CN(C)C(=O)c1ccc([C@H](CC(=O)O)c2nc(CCCCc3ccc4c(n3)NCCC4)cs2)cc1. The number of aryl methyl sites for hydroxylation is 3. The van der Waals surface area contributed by atoms with Crippen LogP contribution in [0.2, 0.25) is 0 Å². The van der Waals surface area contributed by atoms with E-state index in [0.29, 0.717) is 5.56 Å². The second-order valence-corrected chi connectivity index (χ2v) is 10.1. The van der Waals surface area contributed by atoms with Gasteiger partial charge in [-0.15, -0.1) is 11.3 Å². The number of benzene rings is 1. The summed E-state index contributed by atoms with van der Waals surface area (Å²) in [6.07, 6.45) is 6.05. The van der Waals surface area contributed by atoms with Crippen LogP contribution in [0.5, 0.6) is 0 Å². The molecule has 3 heterocycles. The largest absolute Gasteiger partial charge is 0.481 e. The Kier molecular flexibility index (Phi) is 8.13. The fourth-order valence-electron chi connectivity index (χ4n) is 4.36. The van der Waals surface area contributed by atoms with Gasteiger partial charge in [0.25, 0.3) is 5.91 Å². The van der Waals surface area contributed by atoms with Crippen LogP contribution < -0.4 is 5.32 Å². The van der Waals surface area contributed by atoms with Crippen LogP contribution in [0.4, 0.5) is 5.82 Å². The maximum absolute atomic E-state index is 12.2. The highest BCUT2D eigenvalue weighted by molar-refractivity contribution is 7.09. The Balaban J connectivity index is 1.36. The Morgan fingerprint density at radius 1 is 1.06 bits per heavy atom. The molecule has 2 N–H and O–H groups in total. The molecular weight excluding hydrogens is 460 g/mol. The molecule has 8 heteroatoms. The number of thiazole rings is 1. The van der Waals surface area contributed by atoms with Crippen molar-refractivity contribution in [1.29, 1.82) is 0 Å². The van der Waals surface area contributed by atoms with Crippen molar-refractivity contribution in [2.75, 3.05) is 26.0 Å². The van der Waals surface area contributed by atoms with Crippen molar-refractivity contribution in [3.05, 3.63) is 74.9 Å². The van der Waals surface area contributed by atoms with Crippen LogP contribution in [-0.4, -0.2) is 52.5 Å². The predicted octanol–water partition coefficient (Wildman–Crippen LogP) is 4.77. The lowest BCUT2D eigenvalue weighted by molar-refractivity contribution is -0.137. The number of carboxylic acids is 1. The van der Waals surface area contributed by atoms with E-state index in [0.717, 1.165) is 66.4 Å². The van der Waals surface area contributed by atoms with E-state index >= 15 is 0 Å². The van der Waals surface area contributed by atoms with Crippen molar-refractivity contribution in [3.8, 4) is 0 Å². The van der Waals surface area contributed by atoms with E-state index in [1.54, 1.807) is 26.2 Å². The molecule has 0 saturated heterocycles. The van der Waals surface area contributed by atoms with Crippen molar-refractivity contribution < 1.29 is 14.7 Å². The van der Waals surface area contributed by atoms with Crippen molar-refractivity contribution in [2.45, 2.75) is 50.9 Å². The Morgan fingerprint density at radius 3 is 2.51 bits per heavy atom. The zero-order valence-electron chi connectivity index (χ0n) is 20.3. The van der Waals surface area contributed by atoms with E-state index in [1.807, 2.05) is 17.5 Å². The van der Waals surface area contributed by atoms with E-state index in [4.69, 9.17) is 9.97 Å². The minimum absolute atomic E-state index is 0.0358. The standard InChI is InChI=1S/C27H32N4O3S/c1-31(2)27(34)20-11-9-18(10-12-20)23(16-24(32)33)26-30-22(17-35-26)8-4-3-7-21-14-13-19-6-5-15-28-25(19)29-21/h9-14,17,23H,3-8,15-16H2,1-2H3,(H,28,29)(H,32,33)/t23-/m0/s1. The summed E-state index contributed by atoms with van der Waals surface area (Å²) >= 11 is 1.51. The van der Waals surface area contributed by atoms with Gasteiger partial charge in [-0.2, -0.15) is 0 Å². The number of nitrogens with one attached hydrogen (secondary N) is 1. The Hall–Kier alpha value is -3.26. The molecule has 0 spiro atoms. The van der Waals surface area contributed by atoms with Gasteiger partial charge in [0.05, 0.1) is 12.1 Å². The van der Waals surface area contributed by atoms with Crippen LogP contribution in [0.1, 0.15) is 69.5 Å². The molecule has 0 saturated carbocycles. The summed E-state index contributed by atoms with van der Waals surface area (Å²) in [7, 11) is 3.42. The smallest absolute Gasteiger partial charge is 0.304 e. The van der Waals surface area contributed by atoms with Crippen LogP contribution in [0, 0.1) is 0 Å². The first-order valence-electron chi connectivity index (χ1n) is 12.1. The van der Waals surface area contributed by atoms with Crippen molar-refractivity contribution in [3.63, 3.8) is 0 Å². The van der Waals surface area contributed by atoms with Crippen LogP contribution >= 0.6 is 11.3 Å². The minimum Gasteiger partial charge on any atom is -0.481 e. The number of pyridine rings is 1. The average Bonchev–Trinajstić information content (AvgIpc) is 3.33. The van der Waals surface area contributed by atoms with Gasteiger partial charge in [0.2, 0.25) is 0 Å². The molecule has 1 amide bonds. The summed E-state index contributed by atoms with van der Waals surface area (Å²) in [4.78, 5) is 34.8. The van der Waals surface area contributed by atoms with Crippen molar-refractivity contribution in [2.24, 2.45) is 0 Å². The van der Waals surface area contributed by atoms with Crippen LogP contribution in [0.25, 0.3) is 0 Å². The highest BCUT2D eigenvalue weighted by Crippen LogP contribution is 2.31. The molecular formula is C27H32N4O3S. The molecule has 0 radical (unpaired) electrons. The molecule has 7 nitrogen and oxygen atoms in total. The third-order valence-electron chi connectivity index (χ3n) is 6.28. The van der Waals surface area contributed by atoms with Gasteiger partial charge in [0, 0.05) is 43.2 Å². The summed E-state index contributed by atoms with van der Waals surface area (Å²) < 4.78 is 0. The summed E-state index contributed by atoms with van der Waals surface area (Å²) in [6, 6.07) is 11.5. The third kappa shape index (κ3) is 6.45. The van der Waals surface area contributed by atoms with Crippen LogP contribution in [-0.2, 0) is 24.1 Å². The number of hydrogen-bond acceptors (Lipinski definition) is 6. The molecule has 1 atom stereocenters. The Bertz CT molecular complexity index is 1170. The second kappa shape index (κ2) is 11.4. The fraction of sp³-hybridized carbons (Fsp3) is 0.407. The van der Waals surface area contributed by atoms with Crippen LogP contribution in [0.3, 0.4) is 0 Å². The molecule has 3 aromatic rings. The topological polar surface area (TPSA) is 95.4 Å². The molecule has 184 valence electrons. The van der Waals surface area contributed by atoms with Crippen LogP contribution in [0.15, 0.2) is 41.8 Å². The first-order valence-corrected chi connectivity index (χ1v) is 13.0. The van der Waals surface area contributed by atoms with Gasteiger partial charge >= 0.3 is 5.97 Å². The number of anilines is 1. The van der Waals surface area contributed by atoms with Gasteiger partial charge in [0.1, 0.15) is 10.8 Å². The number of carbonyl (C=O) groups excluding carboxylic acids is 1. The fourth-order valence-corrected chi connectivity index (χ4v) is 5.34. The number of aromatic nitrogens is 2. The summed E-state index contributed by atoms with van der Waals surface area (Å²) in [6.45, 7) is 0.997. The van der Waals surface area contributed by atoms with E-state index < -0.39 is 5.97 Å². The van der Waals surface area contributed by atoms with Gasteiger partial charge in [0.15, 0.2) is 0 Å². The number of carboxylic acid groups (broad SMARTS) is 1. The number of hydrogen-bond donors (Lipinski definition) is 2. The van der Waals surface area contributed by atoms with E-state index in [9.17, 15) is 14.7 Å². The van der Waals surface area contributed by atoms with Crippen molar-refractivity contribution in [1.82, 2.24) is 14.9 Å². The first-order chi connectivity index (χ1) is 16.9. The first kappa shape index (κ1) is 24.9. The van der Waals surface area contributed by atoms with Gasteiger partial charge in [-0.3, -0.25) is 9.59 Å². The zero-order chi connectivity index (χ0) is 24.8. The van der Waals surface area contributed by atoms with E-state index in [-0.39, 0.29) is 18.2 Å². The van der Waals surface area contributed by atoms with Gasteiger partial charge in [-0.1, -0.05) is 18.2 Å². The normalized spacial score (nSPS) is 13.5. The molecule has 2 aromatic heterocycles. The second-order valence-electron chi connectivity index (χ2n) is 9.20. The zero-order valence-corrected chi connectivity index (χ0v) is 21.1. The predicted molar refractivity (Wildman–Crippen MR) is 138 cm³/mol. The highest BCUT2D eigenvalue weighted by Gasteiger charge is 2.22. The monoisotopic (exact) mass is 492 g/mol. The van der Waals surface area contributed by atoms with Gasteiger partial charge in [-0.25, -0.2) is 9.97 Å². The highest BCUT2D eigenvalue weighted by atomic mass is 32.1. The molecule has 4 rings (SSSR count). The lowest BCUT2D eigenvalue weighted by Crippen LogP contribution is -2.21. The molecule has 0 aliphatic carbocycles. The lowest BCUT2D eigenvalue weighted by atomic mass is 9.95. The molecule has 1 aliphatic heterocycles. The van der Waals surface area contributed by atoms with E-state index in [1.165, 1.54) is 28.2 Å². The third-order valence-corrected chi connectivity index (χ3v) is 7.29. The average molecular weight is 493 g/mol. The Labute approximate surface area is 210 Å². The molecule has 0 fully saturated rings. The number of rotatable bonds is 10. The van der Waals surface area contributed by atoms with Gasteiger partial charge < -0.3 is 15.3 Å². The summed E-state index contributed by atoms with van der Waals surface area (Å²) in [5.74, 6) is -0.236. The maximum Gasteiger partial charge on any atom is 0.304 e.